The number of phosphoric acid groups is 1. The molecule has 0 amide bonds. The normalized spacial score (nSPS) is 37.1. The third kappa shape index (κ3) is 3.51. The van der Waals surface area contributed by atoms with Crippen LogP contribution in [0.1, 0.15) is 20.1 Å². The molecule has 146 valence electrons. The van der Waals surface area contributed by atoms with Crippen molar-refractivity contribution in [2.45, 2.75) is 50.7 Å². The fourth-order valence-electron chi connectivity index (χ4n) is 2.76. The number of nitrogen functional groups attached to an aromatic ring is 1. The predicted molar refractivity (Wildman–Crippen MR) is 86.0 cm³/mol. The lowest BCUT2D eigenvalue weighted by Gasteiger charge is -2.36. The first-order valence-corrected chi connectivity index (χ1v) is 9.69. The van der Waals surface area contributed by atoms with Gasteiger partial charge in [-0.25, -0.2) is 18.1 Å². The zero-order chi connectivity index (χ0) is 19.2. The Labute approximate surface area is 151 Å². The lowest BCUT2D eigenvalue weighted by molar-refractivity contribution is -0.106. The lowest BCUT2D eigenvalue weighted by atomic mass is 10.1. The first-order valence-electron chi connectivity index (χ1n) is 7.70. The van der Waals surface area contributed by atoms with Gasteiger partial charge < -0.3 is 10.5 Å². The quantitative estimate of drug-likeness (QED) is 0.584. The minimum atomic E-state index is -4.10. The van der Waals surface area contributed by atoms with Gasteiger partial charge in [0.1, 0.15) is 18.3 Å². The molecule has 2 aliphatic heterocycles. The van der Waals surface area contributed by atoms with Crippen molar-refractivity contribution in [1.29, 1.82) is 0 Å². The van der Waals surface area contributed by atoms with Gasteiger partial charge in [-0.1, -0.05) is 0 Å². The van der Waals surface area contributed by atoms with E-state index in [1.54, 1.807) is 13.8 Å². The van der Waals surface area contributed by atoms with E-state index >= 15 is 0 Å². The first kappa shape index (κ1) is 19.7. The van der Waals surface area contributed by atoms with Gasteiger partial charge in [-0.05, 0) is 13.8 Å². The number of halogens is 3. The Morgan fingerprint density at radius 1 is 1.46 bits per heavy atom. The van der Waals surface area contributed by atoms with E-state index in [0.29, 0.717) is 10.8 Å². The van der Waals surface area contributed by atoms with Crippen LogP contribution in [-0.2, 0) is 22.9 Å². The Kier molecular flexibility index (Phi) is 5.40. The number of phosphoric ester groups is 1. The minimum Gasteiger partial charge on any atom is -0.381 e. The van der Waals surface area contributed by atoms with E-state index in [0.717, 1.165) is 0 Å². The third-order valence-corrected chi connectivity index (χ3v) is 5.80. The maximum Gasteiger partial charge on any atom is 0.475 e. The summed E-state index contributed by atoms with van der Waals surface area (Å²) in [6, 6.07) is 0. The highest BCUT2D eigenvalue weighted by atomic mass is 35.5. The lowest BCUT2D eigenvalue weighted by Crippen LogP contribution is -2.45. The molecule has 2 aliphatic rings. The maximum atomic E-state index is 14.9. The molecule has 0 spiro atoms. The molecular formula is C13H17ClF2N3O6P. The fourth-order valence-corrected chi connectivity index (χ4v) is 4.81. The Morgan fingerprint density at radius 3 is 2.77 bits per heavy atom. The molecule has 2 fully saturated rings. The summed E-state index contributed by atoms with van der Waals surface area (Å²) >= 11 is 5.81. The van der Waals surface area contributed by atoms with E-state index in [1.807, 2.05) is 0 Å². The summed E-state index contributed by atoms with van der Waals surface area (Å²) in [5, 5.41) is 0. The number of ether oxygens (including phenoxy) is 1. The van der Waals surface area contributed by atoms with Crippen LogP contribution in [0.25, 0.3) is 0 Å². The second-order valence-corrected chi connectivity index (χ2v) is 7.90. The van der Waals surface area contributed by atoms with E-state index in [4.69, 9.17) is 35.6 Å². The van der Waals surface area contributed by atoms with E-state index < -0.39 is 62.0 Å². The average Bonchev–Trinajstić information content (AvgIpc) is 2.86. The van der Waals surface area contributed by atoms with Crippen LogP contribution in [0.2, 0.25) is 0 Å². The summed E-state index contributed by atoms with van der Waals surface area (Å²) in [5.41, 5.74) is 4.20. The van der Waals surface area contributed by atoms with Gasteiger partial charge in [0.25, 0.3) is 0 Å². The maximum absolute atomic E-state index is 14.9. The van der Waals surface area contributed by atoms with E-state index in [9.17, 15) is 18.1 Å². The number of anilines is 1. The number of aromatic nitrogens is 2. The van der Waals surface area contributed by atoms with Crippen molar-refractivity contribution in [3.8, 4) is 0 Å². The topological polar surface area (TPSA) is 115 Å². The molecule has 3 heterocycles. The summed E-state index contributed by atoms with van der Waals surface area (Å²) in [6.07, 6.45) is -6.92. The second kappa shape index (κ2) is 7.14. The van der Waals surface area contributed by atoms with Crippen molar-refractivity contribution >= 4 is 25.2 Å². The molecule has 0 aliphatic carbocycles. The standard InChI is InChI=1S/C13H17ClF2N3O6P/c1-5(2)23-26(21)24-7(3-14)9-10(25-26)8(16)12(22-9)19-4-6(15)11(17)18-13(19)20/h4-5,7-10,12H,3H2,1-2H3,(H2,17,18,20)/t7?,8-,9-,10-,12+,26-/m0/s1. The molecule has 3 rings (SSSR count). The summed E-state index contributed by atoms with van der Waals surface area (Å²) < 4.78 is 62.9. The number of hydrogen-bond donors (Lipinski definition) is 1. The second-order valence-electron chi connectivity index (χ2n) is 6.07. The zero-order valence-electron chi connectivity index (χ0n) is 13.8. The van der Waals surface area contributed by atoms with Crippen molar-refractivity contribution in [2.24, 2.45) is 0 Å². The molecule has 1 aromatic rings. The van der Waals surface area contributed by atoms with Crippen LogP contribution >= 0.6 is 19.4 Å². The molecule has 0 radical (unpaired) electrons. The monoisotopic (exact) mass is 415 g/mol. The van der Waals surface area contributed by atoms with Crippen LogP contribution < -0.4 is 11.4 Å². The van der Waals surface area contributed by atoms with Crippen molar-refractivity contribution in [1.82, 2.24) is 9.55 Å². The SMILES string of the molecule is CC(C)O[P@@]1(=O)OC(CCl)[C@@H]2O[C@@H](n3cc(F)c(N)nc3=O)[C@@H](F)[C@@H]2O1. The molecule has 0 saturated carbocycles. The van der Waals surface area contributed by atoms with Gasteiger partial charge in [-0.3, -0.25) is 18.1 Å². The largest absolute Gasteiger partial charge is 0.475 e. The summed E-state index contributed by atoms with van der Waals surface area (Å²) in [7, 11) is -4.10. The molecule has 1 aromatic heterocycles. The van der Waals surface area contributed by atoms with Crippen molar-refractivity contribution < 1.29 is 31.7 Å². The molecule has 1 unspecified atom stereocenters. The van der Waals surface area contributed by atoms with Crippen LogP contribution in [0.4, 0.5) is 14.6 Å². The molecule has 9 nitrogen and oxygen atoms in total. The van der Waals surface area contributed by atoms with Crippen LogP contribution in [0.5, 0.6) is 0 Å². The molecule has 0 bridgehead atoms. The molecule has 13 heteroatoms. The molecule has 26 heavy (non-hydrogen) atoms. The van der Waals surface area contributed by atoms with Gasteiger partial charge in [0.05, 0.1) is 18.2 Å². The van der Waals surface area contributed by atoms with Gasteiger partial charge in [0.15, 0.2) is 24.0 Å². The van der Waals surface area contributed by atoms with Crippen LogP contribution in [0.3, 0.4) is 0 Å². The van der Waals surface area contributed by atoms with Crippen LogP contribution in [0.15, 0.2) is 11.0 Å². The number of alkyl halides is 2. The molecule has 0 aromatic carbocycles. The summed E-state index contributed by atoms with van der Waals surface area (Å²) in [5.74, 6) is -1.83. The fraction of sp³-hybridized carbons (Fsp3) is 0.692. The average molecular weight is 416 g/mol. The van der Waals surface area contributed by atoms with Crippen molar-refractivity contribution in [3.05, 3.63) is 22.5 Å². The van der Waals surface area contributed by atoms with Gasteiger partial charge in [0, 0.05) is 0 Å². The highest BCUT2D eigenvalue weighted by Crippen LogP contribution is 2.59. The van der Waals surface area contributed by atoms with Crippen molar-refractivity contribution in [2.75, 3.05) is 11.6 Å². The van der Waals surface area contributed by atoms with Gasteiger partial charge >= 0.3 is 13.5 Å². The van der Waals surface area contributed by atoms with Crippen molar-refractivity contribution in [3.63, 3.8) is 0 Å². The zero-order valence-corrected chi connectivity index (χ0v) is 15.4. The Balaban J connectivity index is 1.93. The Hall–Kier alpha value is -1.10. The molecule has 2 saturated heterocycles. The first-order chi connectivity index (χ1) is 12.1. The predicted octanol–water partition coefficient (Wildman–Crippen LogP) is 1.76. The van der Waals surface area contributed by atoms with E-state index in [-0.39, 0.29) is 5.88 Å². The molecule has 6 atom stereocenters. The van der Waals surface area contributed by atoms with Gasteiger partial charge in [-0.2, -0.15) is 4.98 Å². The van der Waals surface area contributed by atoms with Crippen LogP contribution in [-0.4, -0.2) is 46.0 Å². The number of fused-ring (bicyclic) bond motifs is 1. The van der Waals surface area contributed by atoms with E-state index in [2.05, 4.69) is 4.98 Å². The Bertz CT molecular complexity index is 796. The smallest absolute Gasteiger partial charge is 0.381 e. The molecule has 2 N–H and O–H groups in total. The summed E-state index contributed by atoms with van der Waals surface area (Å²) in [6.45, 7) is 3.19. The number of rotatable bonds is 4. The number of nitrogens with zero attached hydrogens (tertiary/aromatic N) is 2. The highest BCUT2D eigenvalue weighted by Gasteiger charge is 2.58. The van der Waals surface area contributed by atoms with Crippen LogP contribution in [0, 0.1) is 5.82 Å². The van der Waals surface area contributed by atoms with E-state index in [1.165, 1.54) is 0 Å². The number of hydrogen-bond acceptors (Lipinski definition) is 8. The molecular weight excluding hydrogens is 399 g/mol. The number of nitrogens with two attached hydrogens (primary N) is 1. The highest BCUT2D eigenvalue weighted by molar-refractivity contribution is 7.48. The summed E-state index contributed by atoms with van der Waals surface area (Å²) in [4.78, 5) is 15.2. The van der Waals surface area contributed by atoms with Gasteiger partial charge in [0.2, 0.25) is 0 Å². The third-order valence-electron chi connectivity index (χ3n) is 3.79. The Morgan fingerprint density at radius 2 is 2.15 bits per heavy atom. The minimum absolute atomic E-state index is 0.196. The van der Waals surface area contributed by atoms with Gasteiger partial charge in [-0.15, -0.1) is 11.6 Å².